The van der Waals surface area contributed by atoms with E-state index < -0.39 is 0 Å². The molecule has 27 heavy (non-hydrogen) atoms. The molecule has 0 radical (unpaired) electrons. The maximum atomic E-state index is 12.2. The highest BCUT2D eigenvalue weighted by Gasteiger charge is 2.08. The Bertz CT molecular complexity index is 659. The van der Waals surface area contributed by atoms with E-state index in [1.807, 2.05) is 48.5 Å². The quantitative estimate of drug-likeness (QED) is 0.429. The topological polar surface area (TPSA) is 74.2 Å². The van der Waals surface area contributed by atoms with Crippen molar-refractivity contribution in [3.05, 3.63) is 60.2 Å². The van der Waals surface area contributed by atoms with Gasteiger partial charge in [-0.1, -0.05) is 42.5 Å². The molecule has 6 nitrogen and oxygen atoms in total. The highest BCUT2D eigenvalue weighted by atomic mass is 16.6. The van der Waals surface area contributed by atoms with Crippen LogP contribution in [0.4, 0.5) is 0 Å². The van der Waals surface area contributed by atoms with Crippen molar-refractivity contribution < 1.29 is 28.8 Å². The fourth-order valence-electron chi connectivity index (χ4n) is 2.34. The molecule has 0 aliphatic carbocycles. The van der Waals surface area contributed by atoms with Crippen molar-refractivity contribution in [1.82, 2.24) is 0 Å². The van der Waals surface area contributed by atoms with E-state index in [1.165, 1.54) is 0 Å². The molecule has 0 saturated carbocycles. The number of aliphatic hydroxyl groups excluding tert-OH is 1. The van der Waals surface area contributed by atoms with Crippen LogP contribution < -0.4 is 0 Å². The van der Waals surface area contributed by atoms with Crippen LogP contribution in [0.3, 0.4) is 0 Å². The summed E-state index contributed by atoms with van der Waals surface area (Å²) < 4.78 is 21.0. The zero-order chi connectivity index (χ0) is 19.2. The monoisotopic (exact) mass is 374 g/mol. The van der Waals surface area contributed by atoms with Gasteiger partial charge in [0, 0.05) is 0 Å². The van der Waals surface area contributed by atoms with Crippen LogP contribution in [0.1, 0.15) is 10.4 Å². The zero-order valence-electron chi connectivity index (χ0n) is 15.3. The number of hydrogen-bond donors (Lipinski definition) is 1. The molecule has 0 unspecified atom stereocenters. The van der Waals surface area contributed by atoms with E-state index in [2.05, 4.69) is 0 Å². The van der Waals surface area contributed by atoms with Gasteiger partial charge in [-0.25, -0.2) is 4.79 Å². The van der Waals surface area contributed by atoms with Gasteiger partial charge in [0.25, 0.3) is 0 Å². The van der Waals surface area contributed by atoms with Crippen molar-refractivity contribution in [3.8, 4) is 11.1 Å². The molecular weight excluding hydrogens is 348 g/mol. The molecule has 2 aromatic rings. The third-order valence-electron chi connectivity index (χ3n) is 3.65. The summed E-state index contributed by atoms with van der Waals surface area (Å²) in [6.45, 7) is 2.59. The summed E-state index contributed by atoms with van der Waals surface area (Å²) in [4.78, 5) is 12.2. The van der Waals surface area contributed by atoms with Crippen molar-refractivity contribution in [2.24, 2.45) is 0 Å². The van der Waals surface area contributed by atoms with E-state index >= 15 is 0 Å². The van der Waals surface area contributed by atoms with Gasteiger partial charge < -0.3 is 24.1 Å². The molecule has 0 fully saturated rings. The molecular formula is C21H26O6. The fourth-order valence-corrected chi connectivity index (χ4v) is 2.34. The van der Waals surface area contributed by atoms with E-state index in [9.17, 15) is 4.79 Å². The van der Waals surface area contributed by atoms with Crippen molar-refractivity contribution in [2.45, 2.75) is 0 Å². The van der Waals surface area contributed by atoms with Crippen LogP contribution in [0, 0.1) is 0 Å². The minimum absolute atomic E-state index is 0.0123. The minimum Gasteiger partial charge on any atom is -0.460 e. The summed E-state index contributed by atoms with van der Waals surface area (Å²) in [5.41, 5.74) is 2.54. The predicted octanol–water partition coefficient (Wildman–Crippen LogP) is 2.55. The first-order valence-corrected chi connectivity index (χ1v) is 8.98. The van der Waals surface area contributed by atoms with Gasteiger partial charge in [0.05, 0.1) is 51.8 Å². The second-order valence-electron chi connectivity index (χ2n) is 5.64. The van der Waals surface area contributed by atoms with Crippen LogP contribution in [-0.4, -0.2) is 63.9 Å². The Hall–Kier alpha value is -2.25. The van der Waals surface area contributed by atoms with Gasteiger partial charge in [-0.2, -0.15) is 0 Å². The van der Waals surface area contributed by atoms with Crippen LogP contribution in [0.15, 0.2) is 54.6 Å². The molecule has 0 atom stereocenters. The minimum atomic E-state index is -0.367. The molecule has 6 heteroatoms. The molecule has 0 aromatic heterocycles. The van der Waals surface area contributed by atoms with E-state index in [1.54, 1.807) is 6.07 Å². The van der Waals surface area contributed by atoms with E-state index in [0.717, 1.165) is 11.1 Å². The van der Waals surface area contributed by atoms with Gasteiger partial charge in [-0.15, -0.1) is 0 Å². The van der Waals surface area contributed by atoms with Gasteiger partial charge in [-0.05, 0) is 23.3 Å². The van der Waals surface area contributed by atoms with Gasteiger partial charge in [0.1, 0.15) is 6.61 Å². The Morgan fingerprint density at radius 2 is 1.30 bits per heavy atom. The predicted molar refractivity (Wildman–Crippen MR) is 102 cm³/mol. The summed E-state index contributed by atoms with van der Waals surface area (Å²) in [6.07, 6.45) is 0. The van der Waals surface area contributed by atoms with Crippen LogP contribution >= 0.6 is 0 Å². The number of carbonyl (C=O) groups is 1. The second kappa shape index (κ2) is 13.0. The SMILES string of the molecule is O=C(OCCOCCOCCOCCO)c1cccc(-c2ccccc2)c1. The molecule has 0 aliphatic rings. The lowest BCUT2D eigenvalue weighted by molar-refractivity contribution is -0.00313. The number of ether oxygens (including phenoxy) is 4. The van der Waals surface area contributed by atoms with Crippen LogP contribution in [-0.2, 0) is 18.9 Å². The van der Waals surface area contributed by atoms with Crippen molar-refractivity contribution in [2.75, 3.05) is 52.9 Å². The lowest BCUT2D eigenvalue weighted by Gasteiger charge is -2.08. The molecule has 0 bridgehead atoms. The fraction of sp³-hybridized carbons (Fsp3) is 0.381. The van der Waals surface area contributed by atoms with Crippen LogP contribution in [0.5, 0.6) is 0 Å². The third-order valence-corrected chi connectivity index (χ3v) is 3.65. The first-order chi connectivity index (χ1) is 13.3. The normalized spacial score (nSPS) is 10.7. The van der Waals surface area contributed by atoms with Crippen LogP contribution in [0.25, 0.3) is 11.1 Å². The van der Waals surface area contributed by atoms with Crippen molar-refractivity contribution in [3.63, 3.8) is 0 Å². The van der Waals surface area contributed by atoms with Crippen molar-refractivity contribution >= 4 is 5.97 Å². The maximum absolute atomic E-state index is 12.2. The molecule has 0 spiro atoms. The summed E-state index contributed by atoms with van der Waals surface area (Å²) >= 11 is 0. The Labute approximate surface area is 159 Å². The summed E-state index contributed by atoms with van der Waals surface area (Å²) in [7, 11) is 0. The second-order valence-corrected chi connectivity index (χ2v) is 5.64. The van der Waals surface area contributed by atoms with E-state index in [-0.39, 0.29) is 19.2 Å². The molecule has 0 saturated heterocycles. The van der Waals surface area contributed by atoms with Gasteiger partial charge in [0.2, 0.25) is 0 Å². The highest BCUT2D eigenvalue weighted by molar-refractivity contribution is 5.91. The standard InChI is InChI=1S/C21H26O6/c22-9-10-24-11-12-25-13-14-26-15-16-27-21(23)20-8-4-7-19(17-20)18-5-2-1-3-6-18/h1-8,17,22H,9-16H2. The average molecular weight is 374 g/mol. The van der Waals surface area contributed by atoms with Crippen LogP contribution in [0.2, 0.25) is 0 Å². The van der Waals surface area contributed by atoms with E-state index in [4.69, 9.17) is 24.1 Å². The number of hydrogen-bond acceptors (Lipinski definition) is 6. The smallest absolute Gasteiger partial charge is 0.338 e. The lowest BCUT2D eigenvalue weighted by Crippen LogP contribution is -2.14. The van der Waals surface area contributed by atoms with Crippen molar-refractivity contribution in [1.29, 1.82) is 0 Å². The first kappa shape index (κ1) is 21.1. The number of aliphatic hydroxyl groups is 1. The largest absolute Gasteiger partial charge is 0.460 e. The highest BCUT2D eigenvalue weighted by Crippen LogP contribution is 2.20. The zero-order valence-corrected chi connectivity index (χ0v) is 15.3. The lowest BCUT2D eigenvalue weighted by atomic mass is 10.0. The Morgan fingerprint density at radius 3 is 1.96 bits per heavy atom. The van der Waals surface area contributed by atoms with Gasteiger partial charge in [0.15, 0.2) is 0 Å². The molecule has 2 rings (SSSR count). The summed E-state index contributed by atoms with van der Waals surface area (Å²) in [5.74, 6) is -0.367. The Morgan fingerprint density at radius 1 is 0.704 bits per heavy atom. The molecule has 146 valence electrons. The molecule has 2 aromatic carbocycles. The maximum Gasteiger partial charge on any atom is 0.338 e. The Balaban J connectivity index is 1.60. The van der Waals surface area contributed by atoms with Gasteiger partial charge in [-0.3, -0.25) is 0 Å². The summed E-state index contributed by atoms with van der Waals surface area (Å²) in [5, 5.41) is 8.55. The molecule has 0 aliphatic heterocycles. The first-order valence-electron chi connectivity index (χ1n) is 8.98. The molecule has 0 amide bonds. The molecule has 0 heterocycles. The van der Waals surface area contributed by atoms with E-state index in [0.29, 0.717) is 45.2 Å². The molecule has 1 N–H and O–H groups in total. The number of carbonyl (C=O) groups excluding carboxylic acids is 1. The summed E-state index contributed by atoms with van der Waals surface area (Å²) in [6, 6.07) is 17.2. The number of benzene rings is 2. The number of rotatable bonds is 13. The Kier molecular flexibility index (Phi) is 10.1. The average Bonchev–Trinajstić information content (AvgIpc) is 2.72. The number of esters is 1. The van der Waals surface area contributed by atoms with Gasteiger partial charge >= 0.3 is 5.97 Å². The third kappa shape index (κ3) is 8.32.